The molecule has 1 heterocycles. The van der Waals surface area contributed by atoms with Crippen LogP contribution in [0.4, 0.5) is 0 Å². The minimum absolute atomic E-state index is 0.0488. The van der Waals surface area contributed by atoms with Crippen molar-refractivity contribution in [2.75, 3.05) is 13.2 Å². The monoisotopic (exact) mass is 1010 g/mol. The summed E-state index contributed by atoms with van der Waals surface area (Å²) in [6, 6.07) is -1.08. The van der Waals surface area contributed by atoms with Gasteiger partial charge in [-0.1, -0.05) is 206 Å². The third-order valence-corrected chi connectivity index (χ3v) is 12.1. The maximum absolute atomic E-state index is 13.3. The number of unbranched alkanes of at least 4 members (excludes halogenated alkanes) is 13. The van der Waals surface area contributed by atoms with Gasteiger partial charge in [-0.3, -0.25) is 9.59 Å². The van der Waals surface area contributed by atoms with E-state index < -0.39 is 67.4 Å². The highest BCUT2D eigenvalue weighted by atomic mass is 16.7. The average Bonchev–Trinajstić information content (AvgIpc) is 3.38. The first kappa shape index (κ1) is 66.1. The molecule has 0 spiro atoms. The summed E-state index contributed by atoms with van der Waals surface area (Å²) in [5, 5.41) is 56.6. The number of esters is 1. The number of ether oxygens (including phenoxy) is 3. The van der Waals surface area contributed by atoms with E-state index in [2.05, 4.69) is 117 Å². The second kappa shape index (κ2) is 48.0. The Morgan fingerprint density at radius 3 is 1.50 bits per heavy atom. The van der Waals surface area contributed by atoms with E-state index in [-0.39, 0.29) is 19.4 Å². The number of carbonyl (C=O) groups excluding carboxylic acids is 2. The van der Waals surface area contributed by atoms with Gasteiger partial charge in [0.1, 0.15) is 24.4 Å². The highest BCUT2D eigenvalue weighted by Gasteiger charge is 2.47. The fraction of sp³-hybridized carbons (Fsp3) is 0.639. The second-order valence-electron chi connectivity index (χ2n) is 18.6. The Morgan fingerprint density at radius 2 is 1.00 bits per heavy atom. The first-order chi connectivity index (χ1) is 35.2. The SMILES string of the molecule is CC/C=C\C/C=C\C/C=C\C/C=C\C/C=C\C/C=C\CC(O)C(=O)NC(COC1OC(CO)C(O)C(O)C1OC(=O)CCCCCC/C=C/C/C=C/C/C=C/CC)C(O)/C=C/CCCCCCCCCCC. The van der Waals surface area contributed by atoms with Crippen LogP contribution in [0, 0.1) is 0 Å². The fourth-order valence-electron chi connectivity index (χ4n) is 7.74. The van der Waals surface area contributed by atoms with Crippen molar-refractivity contribution >= 4 is 11.9 Å². The lowest BCUT2D eigenvalue weighted by atomic mass is 9.99. The summed E-state index contributed by atoms with van der Waals surface area (Å²) in [4.78, 5) is 26.4. The second-order valence-corrected chi connectivity index (χ2v) is 18.6. The molecule has 0 bridgehead atoms. The van der Waals surface area contributed by atoms with Crippen LogP contribution >= 0.6 is 0 Å². The molecule has 1 rings (SSSR count). The molecule has 1 saturated heterocycles. The zero-order chi connectivity index (χ0) is 52.5. The normalized spacial score (nSPS) is 20.5. The molecule has 0 aliphatic carbocycles. The van der Waals surface area contributed by atoms with Crippen molar-refractivity contribution in [2.24, 2.45) is 0 Å². The Labute approximate surface area is 436 Å². The van der Waals surface area contributed by atoms with Crippen molar-refractivity contribution in [3.05, 3.63) is 122 Å². The number of allylic oxidation sites excluding steroid dienone is 18. The number of hydrogen-bond acceptors (Lipinski definition) is 10. The quantitative estimate of drug-likeness (QED) is 0.0196. The first-order valence-corrected chi connectivity index (χ1v) is 27.8. The van der Waals surface area contributed by atoms with Crippen LogP contribution in [0.2, 0.25) is 0 Å². The van der Waals surface area contributed by atoms with Gasteiger partial charge in [-0.05, 0) is 89.9 Å². The van der Waals surface area contributed by atoms with E-state index in [1.807, 2.05) is 18.2 Å². The molecular weight excluding hydrogens is 907 g/mol. The van der Waals surface area contributed by atoms with E-state index in [0.717, 1.165) is 103 Å². The van der Waals surface area contributed by atoms with Crippen LogP contribution in [0.1, 0.15) is 188 Å². The molecule has 72 heavy (non-hydrogen) atoms. The molecule has 1 aliphatic rings. The first-order valence-electron chi connectivity index (χ1n) is 27.8. The van der Waals surface area contributed by atoms with Gasteiger partial charge < -0.3 is 45.1 Å². The summed E-state index contributed by atoms with van der Waals surface area (Å²) >= 11 is 0. The van der Waals surface area contributed by atoms with E-state index in [9.17, 15) is 35.1 Å². The summed E-state index contributed by atoms with van der Waals surface area (Å²) in [5.41, 5.74) is 0. The lowest BCUT2D eigenvalue weighted by molar-refractivity contribution is -0.305. The fourth-order valence-corrected chi connectivity index (χ4v) is 7.74. The standard InChI is InChI=1S/C61H99NO10/c1-4-7-10-13-16-19-22-24-26-27-28-29-30-33-36-39-42-45-48-54(65)60(69)62-52(53(64)47-44-41-38-35-32-21-18-15-12-9-6-3)51-70-61-59(58(68)57(67)55(50-63)71-61)72-56(66)49-46-43-40-37-34-31-25-23-20-17-14-11-8-5-2/h7-8,10-11,16-17,19-20,24-26,28-29,31,33,36,42,44-45,47,52-55,57-59,61,63-65,67-68H,4-6,9,12-15,18,21-23,27,30,32,34-35,37-41,43,46,48-51H2,1-3H3,(H,62,69)/b10-7-,11-8+,19-16-,20-17+,26-24-,29-28-,31-25+,36-33-,45-42-,47-44+. The molecule has 8 atom stereocenters. The van der Waals surface area contributed by atoms with Crippen LogP contribution in [0.15, 0.2) is 122 Å². The highest BCUT2D eigenvalue weighted by Crippen LogP contribution is 2.26. The highest BCUT2D eigenvalue weighted by molar-refractivity contribution is 5.81. The van der Waals surface area contributed by atoms with Crippen LogP contribution in [0.25, 0.3) is 0 Å². The van der Waals surface area contributed by atoms with Gasteiger partial charge in [0.2, 0.25) is 5.91 Å². The minimum Gasteiger partial charge on any atom is -0.454 e. The van der Waals surface area contributed by atoms with Crippen molar-refractivity contribution in [3.63, 3.8) is 0 Å². The Hall–Kier alpha value is -3.94. The minimum atomic E-state index is -1.64. The predicted molar refractivity (Wildman–Crippen MR) is 296 cm³/mol. The number of carbonyl (C=O) groups is 2. The Morgan fingerprint density at radius 1 is 0.556 bits per heavy atom. The molecule has 6 N–H and O–H groups in total. The summed E-state index contributed by atoms with van der Waals surface area (Å²) < 4.78 is 17.5. The third-order valence-electron chi connectivity index (χ3n) is 12.1. The molecule has 11 heteroatoms. The lowest BCUT2D eigenvalue weighted by Crippen LogP contribution is -2.61. The molecule has 0 saturated carbocycles. The molecule has 8 unspecified atom stereocenters. The molecule has 0 aromatic heterocycles. The number of aliphatic hydroxyl groups excluding tert-OH is 5. The molecule has 1 amide bonds. The molecule has 11 nitrogen and oxygen atoms in total. The van der Waals surface area contributed by atoms with Crippen LogP contribution in [0.5, 0.6) is 0 Å². The third kappa shape index (κ3) is 36.1. The van der Waals surface area contributed by atoms with E-state index in [1.54, 1.807) is 12.2 Å². The van der Waals surface area contributed by atoms with Gasteiger partial charge >= 0.3 is 5.97 Å². The van der Waals surface area contributed by atoms with Crippen molar-refractivity contribution < 1.29 is 49.3 Å². The average molecular weight is 1010 g/mol. The van der Waals surface area contributed by atoms with Gasteiger partial charge in [-0.2, -0.15) is 0 Å². The van der Waals surface area contributed by atoms with Gasteiger partial charge in [-0.15, -0.1) is 0 Å². The zero-order valence-electron chi connectivity index (χ0n) is 44.7. The zero-order valence-corrected chi connectivity index (χ0v) is 44.7. The van der Waals surface area contributed by atoms with Crippen LogP contribution < -0.4 is 5.32 Å². The van der Waals surface area contributed by atoms with Crippen LogP contribution in [-0.4, -0.2) is 99.6 Å². The number of rotatable bonds is 44. The van der Waals surface area contributed by atoms with E-state index >= 15 is 0 Å². The summed E-state index contributed by atoms with van der Waals surface area (Å²) in [7, 11) is 0. The molecule has 408 valence electrons. The van der Waals surface area contributed by atoms with E-state index in [0.29, 0.717) is 12.8 Å². The molecule has 0 aromatic rings. The van der Waals surface area contributed by atoms with Crippen LogP contribution in [-0.2, 0) is 23.8 Å². The number of aliphatic hydroxyl groups is 5. The Kier molecular flexibility index (Phi) is 44.1. The number of amides is 1. The molecule has 0 aromatic carbocycles. The molecule has 0 radical (unpaired) electrons. The summed E-state index contributed by atoms with van der Waals surface area (Å²) in [6.07, 6.45) is 55.5. The maximum Gasteiger partial charge on any atom is 0.306 e. The van der Waals surface area contributed by atoms with E-state index in [1.165, 1.54) is 38.5 Å². The number of hydrogen-bond donors (Lipinski definition) is 6. The van der Waals surface area contributed by atoms with Crippen molar-refractivity contribution in [3.8, 4) is 0 Å². The van der Waals surface area contributed by atoms with Crippen molar-refractivity contribution in [2.45, 2.75) is 237 Å². The van der Waals surface area contributed by atoms with Gasteiger partial charge in [0, 0.05) is 12.8 Å². The Bertz CT molecular complexity index is 1630. The number of nitrogens with one attached hydrogen (secondary N) is 1. The van der Waals surface area contributed by atoms with Crippen LogP contribution in [0.3, 0.4) is 0 Å². The predicted octanol–water partition coefficient (Wildman–Crippen LogP) is 12.3. The van der Waals surface area contributed by atoms with Gasteiger partial charge in [0.15, 0.2) is 12.4 Å². The van der Waals surface area contributed by atoms with Gasteiger partial charge in [0.25, 0.3) is 0 Å². The molecular formula is C61H99NO10. The lowest BCUT2D eigenvalue weighted by Gasteiger charge is -2.41. The van der Waals surface area contributed by atoms with Crippen molar-refractivity contribution in [1.82, 2.24) is 5.32 Å². The topological polar surface area (TPSA) is 175 Å². The summed E-state index contributed by atoms with van der Waals surface area (Å²) in [5.74, 6) is -1.32. The molecule has 1 fully saturated rings. The molecule has 1 aliphatic heterocycles. The summed E-state index contributed by atoms with van der Waals surface area (Å²) in [6.45, 7) is 5.45. The Balaban J connectivity index is 2.81. The largest absolute Gasteiger partial charge is 0.454 e. The maximum atomic E-state index is 13.3. The smallest absolute Gasteiger partial charge is 0.306 e. The van der Waals surface area contributed by atoms with E-state index in [4.69, 9.17) is 14.2 Å². The van der Waals surface area contributed by atoms with Gasteiger partial charge in [0.05, 0.1) is 25.4 Å². The van der Waals surface area contributed by atoms with Crippen molar-refractivity contribution in [1.29, 1.82) is 0 Å². The van der Waals surface area contributed by atoms with Gasteiger partial charge in [-0.25, -0.2) is 0 Å².